The van der Waals surface area contributed by atoms with Crippen molar-refractivity contribution in [2.75, 3.05) is 0 Å². The molecule has 184 valence electrons. The topological polar surface area (TPSA) is 52.6 Å². The summed E-state index contributed by atoms with van der Waals surface area (Å²) in [6.07, 6.45) is 0.538. The summed E-state index contributed by atoms with van der Waals surface area (Å²) >= 11 is 24.4. The average molecular weight is 562 g/mol. The van der Waals surface area contributed by atoms with Gasteiger partial charge in [0.2, 0.25) is 0 Å². The van der Waals surface area contributed by atoms with Crippen LogP contribution in [-0.2, 0) is 15.9 Å². The number of halogens is 4. The SMILES string of the molecule is O=C(OC1C2CC(C1OC(=O)c1cc(Cl)cc(Cl)c1)C1c3ccccc3CC21)c1cc(Cl)cc(Cl)c1. The third kappa shape index (κ3) is 4.18. The van der Waals surface area contributed by atoms with Gasteiger partial charge in [0, 0.05) is 31.9 Å². The van der Waals surface area contributed by atoms with Crippen LogP contribution in [0.15, 0.2) is 60.7 Å². The number of hydrogen-bond acceptors (Lipinski definition) is 4. The van der Waals surface area contributed by atoms with Crippen LogP contribution in [0.4, 0.5) is 0 Å². The summed E-state index contributed by atoms with van der Waals surface area (Å²) in [4.78, 5) is 26.4. The third-order valence-electron chi connectivity index (χ3n) is 7.74. The average Bonchev–Trinajstić information content (AvgIpc) is 3.47. The summed E-state index contributed by atoms with van der Waals surface area (Å²) in [6.45, 7) is 0. The largest absolute Gasteiger partial charge is 0.455 e. The second-order valence-corrected chi connectivity index (χ2v) is 11.5. The molecule has 0 aromatic heterocycles. The molecule has 3 aromatic carbocycles. The summed E-state index contributed by atoms with van der Waals surface area (Å²) in [5.41, 5.74) is 3.12. The number of esters is 2. The predicted molar refractivity (Wildman–Crippen MR) is 139 cm³/mol. The molecule has 3 aliphatic rings. The van der Waals surface area contributed by atoms with Crippen LogP contribution in [0.2, 0.25) is 20.1 Å². The summed E-state index contributed by atoms with van der Waals surface area (Å²) < 4.78 is 12.1. The first kappa shape index (κ1) is 24.1. The maximum Gasteiger partial charge on any atom is 0.338 e. The van der Waals surface area contributed by atoms with Gasteiger partial charge in [0.15, 0.2) is 0 Å². The Hall–Kier alpha value is -2.24. The van der Waals surface area contributed by atoms with Crippen LogP contribution in [0, 0.1) is 17.8 Å². The molecule has 3 aliphatic carbocycles. The minimum absolute atomic E-state index is 0.0306. The van der Waals surface area contributed by atoms with Crippen molar-refractivity contribution in [1.29, 1.82) is 0 Å². The molecule has 2 fully saturated rings. The zero-order valence-electron chi connectivity index (χ0n) is 18.8. The molecule has 8 heteroatoms. The second-order valence-electron chi connectivity index (χ2n) is 9.71. The van der Waals surface area contributed by atoms with E-state index in [2.05, 4.69) is 12.1 Å². The summed E-state index contributed by atoms with van der Waals surface area (Å²) in [7, 11) is 0. The van der Waals surface area contributed by atoms with E-state index in [9.17, 15) is 9.59 Å². The molecule has 0 spiro atoms. The number of carbonyl (C=O) groups excluding carboxylic acids is 2. The molecule has 0 aliphatic heterocycles. The molecule has 4 nitrogen and oxygen atoms in total. The molecule has 0 amide bonds. The second kappa shape index (κ2) is 9.25. The van der Waals surface area contributed by atoms with E-state index in [-0.39, 0.29) is 28.9 Å². The highest BCUT2D eigenvalue weighted by Gasteiger charge is 2.63. The molecule has 0 radical (unpaired) electrons. The Morgan fingerprint density at radius 1 is 0.667 bits per heavy atom. The van der Waals surface area contributed by atoms with Gasteiger partial charge in [-0.3, -0.25) is 0 Å². The van der Waals surface area contributed by atoms with Gasteiger partial charge in [0.25, 0.3) is 0 Å². The van der Waals surface area contributed by atoms with E-state index in [4.69, 9.17) is 55.9 Å². The van der Waals surface area contributed by atoms with E-state index in [1.165, 1.54) is 35.4 Å². The highest BCUT2D eigenvalue weighted by atomic mass is 35.5. The first-order valence-electron chi connectivity index (χ1n) is 11.7. The Balaban J connectivity index is 1.32. The fraction of sp³-hybridized carbons (Fsp3) is 0.286. The van der Waals surface area contributed by atoms with E-state index in [0.29, 0.717) is 26.0 Å². The quantitative estimate of drug-likeness (QED) is 0.307. The molecule has 6 unspecified atom stereocenters. The summed E-state index contributed by atoms with van der Waals surface area (Å²) in [6, 6.07) is 17.6. The van der Waals surface area contributed by atoms with Crippen LogP contribution in [0.3, 0.4) is 0 Å². The Kier molecular flexibility index (Phi) is 6.20. The lowest BCUT2D eigenvalue weighted by Crippen LogP contribution is -2.45. The first-order chi connectivity index (χ1) is 17.3. The lowest BCUT2D eigenvalue weighted by Gasteiger charge is -2.37. The zero-order valence-corrected chi connectivity index (χ0v) is 21.8. The number of carbonyl (C=O) groups is 2. The fourth-order valence-electron chi connectivity index (χ4n) is 6.50. The maximum atomic E-state index is 13.2. The van der Waals surface area contributed by atoms with Crippen LogP contribution >= 0.6 is 46.4 Å². The predicted octanol–water partition coefficient (Wildman–Crippen LogP) is 7.66. The Morgan fingerprint density at radius 2 is 1.17 bits per heavy atom. The summed E-state index contributed by atoms with van der Waals surface area (Å²) in [5, 5.41) is 1.37. The van der Waals surface area contributed by atoms with Crippen LogP contribution in [0.25, 0.3) is 0 Å². The van der Waals surface area contributed by atoms with Gasteiger partial charge in [-0.2, -0.15) is 0 Å². The highest BCUT2D eigenvalue weighted by Crippen LogP contribution is 2.62. The van der Waals surface area contributed by atoms with Gasteiger partial charge in [-0.25, -0.2) is 9.59 Å². The Labute approximate surface area is 228 Å². The monoisotopic (exact) mass is 560 g/mol. The zero-order chi connectivity index (χ0) is 25.1. The number of fused-ring (bicyclic) bond motifs is 7. The van der Waals surface area contributed by atoms with E-state index >= 15 is 0 Å². The molecule has 0 saturated heterocycles. The van der Waals surface area contributed by atoms with Crippen molar-refractivity contribution in [3.63, 3.8) is 0 Å². The highest BCUT2D eigenvalue weighted by molar-refractivity contribution is 6.35. The van der Waals surface area contributed by atoms with Gasteiger partial charge < -0.3 is 9.47 Å². The smallest absolute Gasteiger partial charge is 0.338 e. The number of hydrogen-bond donors (Lipinski definition) is 0. The van der Waals surface area contributed by atoms with Crippen molar-refractivity contribution in [1.82, 2.24) is 0 Å². The van der Waals surface area contributed by atoms with Crippen molar-refractivity contribution in [3.8, 4) is 0 Å². The van der Waals surface area contributed by atoms with Crippen molar-refractivity contribution in [2.45, 2.75) is 31.0 Å². The van der Waals surface area contributed by atoms with Gasteiger partial charge in [-0.1, -0.05) is 70.7 Å². The van der Waals surface area contributed by atoms with Crippen LogP contribution in [0.1, 0.15) is 44.2 Å². The van der Waals surface area contributed by atoms with E-state index < -0.39 is 24.1 Å². The maximum absolute atomic E-state index is 13.2. The lowest BCUT2D eigenvalue weighted by atomic mass is 9.76. The Bertz CT molecular complexity index is 1350. The first-order valence-corrected chi connectivity index (χ1v) is 13.2. The van der Waals surface area contributed by atoms with Crippen molar-refractivity contribution >= 4 is 58.3 Å². The van der Waals surface area contributed by atoms with Gasteiger partial charge >= 0.3 is 11.9 Å². The van der Waals surface area contributed by atoms with Crippen LogP contribution in [0.5, 0.6) is 0 Å². The van der Waals surface area contributed by atoms with Crippen molar-refractivity contribution in [2.24, 2.45) is 17.8 Å². The molecular weight excluding hydrogens is 542 g/mol. The number of rotatable bonds is 4. The number of benzene rings is 3. The molecular formula is C28H20Cl4O4. The Morgan fingerprint density at radius 3 is 1.72 bits per heavy atom. The van der Waals surface area contributed by atoms with Crippen molar-refractivity contribution in [3.05, 3.63) is 103 Å². The molecule has 6 rings (SSSR count). The van der Waals surface area contributed by atoms with Gasteiger partial charge in [0.05, 0.1) is 11.1 Å². The lowest BCUT2D eigenvalue weighted by molar-refractivity contribution is -0.0698. The van der Waals surface area contributed by atoms with E-state index in [1.54, 1.807) is 12.1 Å². The van der Waals surface area contributed by atoms with Gasteiger partial charge in [-0.05, 0) is 72.2 Å². The van der Waals surface area contributed by atoms with E-state index in [1.807, 2.05) is 12.1 Å². The number of ether oxygens (including phenoxy) is 2. The molecule has 6 atom stereocenters. The van der Waals surface area contributed by atoms with Gasteiger partial charge in [-0.15, -0.1) is 0 Å². The van der Waals surface area contributed by atoms with E-state index in [0.717, 1.165) is 12.8 Å². The standard InChI is InChI=1S/C28H20Cl4O4/c29-16-5-14(6-17(30)10-16)27(33)35-25-22-12-23(24-20-4-2-1-3-13(20)9-21(22)24)26(25)36-28(34)15-7-18(31)11-19(32)8-15/h1-8,10-11,21-26H,9,12H2. The molecule has 2 saturated carbocycles. The molecule has 2 bridgehead atoms. The fourth-order valence-corrected chi connectivity index (χ4v) is 7.55. The van der Waals surface area contributed by atoms with Gasteiger partial charge in [0.1, 0.15) is 12.2 Å². The normalized spacial score (nSPS) is 27.4. The molecule has 0 heterocycles. The minimum atomic E-state index is -0.605. The molecule has 3 aromatic rings. The minimum Gasteiger partial charge on any atom is -0.455 e. The third-order valence-corrected chi connectivity index (χ3v) is 8.61. The van der Waals surface area contributed by atoms with Crippen LogP contribution < -0.4 is 0 Å². The molecule has 36 heavy (non-hydrogen) atoms. The van der Waals surface area contributed by atoms with Crippen LogP contribution in [-0.4, -0.2) is 24.1 Å². The molecule has 0 N–H and O–H groups in total. The summed E-state index contributed by atoms with van der Waals surface area (Å²) in [5.74, 6) is -0.427. The van der Waals surface area contributed by atoms with Crippen molar-refractivity contribution < 1.29 is 19.1 Å².